The van der Waals surface area contributed by atoms with Gasteiger partial charge < -0.3 is 4.90 Å². The number of aromatic nitrogens is 2. The highest BCUT2D eigenvalue weighted by molar-refractivity contribution is 5.67. The van der Waals surface area contributed by atoms with Gasteiger partial charge in [0.05, 0.1) is 0 Å². The molecule has 0 unspecified atom stereocenters. The molecule has 2 heterocycles. The topological polar surface area (TPSA) is 72.8 Å². The van der Waals surface area contributed by atoms with E-state index in [-0.39, 0.29) is 16.8 Å². The third-order valence-corrected chi connectivity index (χ3v) is 4.05. The predicted molar refractivity (Wildman–Crippen MR) is 85.6 cm³/mol. The quantitative estimate of drug-likeness (QED) is 0.925. The second kappa shape index (κ2) is 6.61. The standard InChI is InChI=1S/C17H17FN4O/c18-14-8-4-3-7-12(14)15-13(11-19)16(23)21-17(20-15)22-9-5-1-2-6-10-22/h3-4,7-8H,1-2,5-6,9-10H2,(H,20,21,23). The summed E-state index contributed by atoms with van der Waals surface area (Å²) in [4.78, 5) is 21.3. The van der Waals surface area contributed by atoms with Gasteiger partial charge in [0.2, 0.25) is 5.95 Å². The first-order chi connectivity index (χ1) is 11.2. The molecule has 1 aliphatic heterocycles. The van der Waals surface area contributed by atoms with Crippen molar-refractivity contribution in [3.8, 4) is 17.3 Å². The van der Waals surface area contributed by atoms with E-state index in [0.29, 0.717) is 5.95 Å². The van der Waals surface area contributed by atoms with Gasteiger partial charge in [0, 0.05) is 18.7 Å². The van der Waals surface area contributed by atoms with Crippen LogP contribution in [-0.2, 0) is 0 Å². The Balaban J connectivity index is 2.13. The van der Waals surface area contributed by atoms with Gasteiger partial charge in [-0.25, -0.2) is 9.37 Å². The zero-order chi connectivity index (χ0) is 16.2. The number of nitrogens with one attached hydrogen (secondary N) is 1. The molecule has 0 atom stereocenters. The van der Waals surface area contributed by atoms with E-state index < -0.39 is 11.4 Å². The zero-order valence-corrected chi connectivity index (χ0v) is 12.7. The molecular weight excluding hydrogens is 295 g/mol. The lowest BCUT2D eigenvalue weighted by Gasteiger charge is -2.21. The SMILES string of the molecule is N#Cc1c(-c2ccccc2F)nc(N2CCCCCC2)[nH]c1=O. The molecule has 1 fully saturated rings. The maximum Gasteiger partial charge on any atom is 0.270 e. The van der Waals surface area contributed by atoms with Gasteiger partial charge in [-0.05, 0) is 25.0 Å². The average molecular weight is 312 g/mol. The van der Waals surface area contributed by atoms with Crippen molar-refractivity contribution in [1.82, 2.24) is 9.97 Å². The lowest BCUT2D eigenvalue weighted by Crippen LogP contribution is -2.29. The average Bonchev–Trinajstić information content (AvgIpc) is 2.84. The van der Waals surface area contributed by atoms with Crippen LogP contribution in [-0.4, -0.2) is 23.1 Å². The minimum Gasteiger partial charge on any atom is -0.342 e. The fourth-order valence-corrected chi connectivity index (χ4v) is 2.85. The summed E-state index contributed by atoms with van der Waals surface area (Å²) in [5.74, 6) is -0.0851. The fraction of sp³-hybridized carbons (Fsp3) is 0.353. The highest BCUT2D eigenvalue weighted by atomic mass is 19.1. The largest absolute Gasteiger partial charge is 0.342 e. The highest BCUT2D eigenvalue weighted by Crippen LogP contribution is 2.24. The maximum absolute atomic E-state index is 14.1. The Morgan fingerprint density at radius 3 is 2.52 bits per heavy atom. The first-order valence-corrected chi connectivity index (χ1v) is 7.75. The van der Waals surface area contributed by atoms with Gasteiger partial charge in [-0.1, -0.05) is 25.0 Å². The Morgan fingerprint density at radius 1 is 1.17 bits per heavy atom. The summed E-state index contributed by atoms with van der Waals surface area (Å²) in [7, 11) is 0. The first kappa shape index (κ1) is 15.2. The summed E-state index contributed by atoms with van der Waals surface area (Å²) in [6.07, 6.45) is 4.35. The van der Waals surface area contributed by atoms with E-state index in [9.17, 15) is 14.4 Å². The Labute approximate surface area is 133 Å². The number of hydrogen-bond acceptors (Lipinski definition) is 4. The summed E-state index contributed by atoms with van der Waals surface area (Å²) >= 11 is 0. The molecule has 0 spiro atoms. The molecule has 0 amide bonds. The van der Waals surface area contributed by atoms with Gasteiger partial charge >= 0.3 is 0 Å². The van der Waals surface area contributed by atoms with E-state index in [1.54, 1.807) is 12.1 Å². The van der Waals surface area contributed by atoms with E-state index in [4.69, 9.17) is 0 Å². The summed E-state index contributed by atoms with van der Waals surface area (Å²) in [5, 5.41) is 9.25. The number of H-pyrrole nitrogens is 1. The molecule has 0 bridgehead atoms. The Bertz CT molecular complexity index is 801. The second-order valence-electron chi connectivity index (χ2n) is 5.61. The molecule has 23 heavy (non-hydrogen) atoms. The van der Waals surface area contributed by atoms with E-state index in [2.05, 4.69) is 9.97 Å². The van der Waals surface area contributed by atoms with Gasteiger partial charge in [0.1, 0.15) is 23.1 Å². The van der Waals surface area contributed by atoms with Crippen molar-refractivity contribution in [1.29, 1.82) is 5.26 Å². The predicted octanol–water partition coefficient (Wildman–Crippen LogP) is 2.83. The molecule has 0 aliphatic carbocycles. The van der Waals surface area contributed by atoms with Crippen LogP contribution >= 0.6 is 0 Å². The highest BCUT2D eigenvalue weighted by Gasteiger charge is 2.19. The number of anilines is 1. The van der Waals surface area contributed by atoms with Crippen LogP contribution in [0, 0.1) is 17.1 Å². The molecule has 1 aliphatic rings. The molecule has 1 saturated heterocycles. The molecule has 5 nitrogen and oxygen atoms in total. The van der Waals surface area contributed by atoms with Crippen LogP contribution in [0.25, 0.3) is 11.3 Å². The van der Waals surface area contributed by atoms with Crippen molar-refractivity contribution in [2.75, 3.05) is 18.0 Å². The van der Waals surface area contributed by atoms with Crippen LogP contribution in [0.1, 0.15) is 31.2 Å². The monoisotopic (exact) mass is 312 g/mol. The normalized spacial score (nSPS) is 15.0. The lowest BCUT2D eigenvalue weighted by molar-refractivity contribution is 0.630. The number of nitrogens with zero attached hydrogens (tertiary/aromatic N) is 3. The van der Waals surface area contributed by atoms with Crippen LogP contribution < -0.4 is 10.5 Å². The van der Waals surface area contributed by atoms with Crippen molar-refractivity contribution in [3.63, 3.8) is 0 Å². The summed E-state index contributed by atoms with van der Waals surface area (Å²) in [6, 6.07) is 7.89. The Morgan fingerprint density at radius 2 is 1.87 bits per heavy atom. The Kier molecular flexibility index (Phi) is 4.38. The fourth-order valence-electron chi connectivity index (χ4n) is 2.85. The van der Waals surface area contributed by atoms with Gasteiger partial charge in [-0.2, -0.15) is 5.26 Å². The number of nitriles is 1. The molecule has 3 rings (SSSR count). The van der Waals surface area contributed by atoms with Crippen molar-refractivity contribution in [2.45, 2.75) is 25.7 Å². The molecule has 0 saturated carbocycles. The van der Waals surface area contributed by atoms with E-state index in [1.807, 2.05) is 11.0 Å². The lowest BCUT2D eigenvalue weighted by atomic mass is 10.1. The first-order valence-electron chi connectivity index (χ1n) is 7.75. The van der Waals surface area contributed by atoms with Crippen LogP contribution in [0.3, 0.4) is 0 Å². The van der Waals surface area contributed by atoms with Crippen LogP contribution in [0.2, 0.25) is 0 Å². The Hall–Kier alpha value is -2.68. The third kappa shape index (κ3) is 3.09. The molecule has 2 aromatic rings. The minimum atomic E-state index is -0.528. The molecular formula is C17H17FN4O. The van der Waals surface area contributed by atoms with Gasteiger partial charge in [0.15, 0.2) is 0 Å². The molecule has 6 heteroatoms. The third-order valence-electron chi connectivity index (χ3n) is 4.05. The maximum atomic E-state index is 14.1. The number of aromatic amines is 1. The van der Waals surface area contributed by atoms with Crippen molar-refractivity contribution in [3.05, 3.63) is 46.0 Å². The molecule has 118 valence electrons. The number of halogens is 1. The van der Waals surface area contributed by atoms with Gasteiger partial charge in [-0.3, -0.25) is 9.78 Å². The van der Waals surface area contributed by atoms with Gasteiger partial charge in [0.25, 0.3) is 5.56 Å². The zero-order valence-electron chi connectivity index (χ0n) is 12.7. The van der Waals surface area contributed by atoms with Crippen molar-refractivity contribution >= 4 is 5.95 Å². The summed E-state index contributed by atoms with van der Waals surface area (Å²) in [5.41, 5.74) is -0.409. The second-order valence-corrected chi connectivity index (χ2v) is 5.61. The molecule has 1 aromatic carbocycles. The smallest absolute Gasteiger partial charge is 0.270 e. The number of rotatable bonds is 2. The van der Waals surface area contributed by atoms with Crippen LogP contribution in [0.15, 0.2) is 29.1 Å². The number of hydrogen-bond donors (Lipinski definition) is 1. The summed E-state index contributed by atoms with van der Waals surface area (Å²) in [6.45, 7) is 1.59. The minimum absolute atomic E-state index is 0.105. The number of benzene rings is 1. The molecule has 1 aromatic heterocycles. The molecule has 0 radical (unpaired) electrons. The summed E-state index contributed by atoms with van der Waals surface area (Å²) < 4.78 is 14.1. The van der Waals surface area contributed by atoms with Crippen LogP contribution in [0.5, 0.6) is 0 Å². The van der Waals surface area contributed by atoms with E-state index in [0.717, 1.165) is 38.8 Å². The van der Waals surface area contributed by atoms with Crippen molar-refractivity contribution < 1.29 is 4.39 Å². The van der Waals surface area contributed by atoms with Crippen LogP contribution in [0.4, 0.5) is 10.3 Å². The van der Waals surface area contributed by atoms with Crippen molar-refractivity contribution in [2.24, 2.45) is 0 Å². The van der Waals surface area contributed by atoms with E-state index >= 15 is 0 Å². The van der Waals surface area contributed by atoms with E-state index in [1.165, 1.54) is 12.1 Å². The molecule has 1 N–H and O–H groups in total. The van der Waals surface area contributed by atoms with Gasteiger partial charge in [-0.15, -0.1) is 0 Å².